The number of amides is 1. The fourth-order valence-corrected chi connectivity index (χ4v) is 3.21. The molecule has 1 atom stereocenters. The second-order valence-corrected chi connectivity index (χ2v) is 6.28. The average Bonchev–Trinajstić information content (AvgIpc) is 2.76. The highest BCUT2D eigenvalue weighted by Gasteiger charge is 2.20. The van der Waals surface area contributed by atoms with Gasteiger partial charge >= 0.3 is 0 Å². The topological polar surface area (TPSA) is 53.6 Å². The Hall–Kier alpha value is -1.59. The van der Waals surface area contributed by atoms with E-state index >= 15 is 0 Å². The fraction of sp³-hybridized carbons (Fsp3) is 0.588. The zero-order valence-corrected chi connectivity index (χ0v) is 13.2. The van der Waals surface area contributed by atoms with Crippen molar-refractivity contribution in [3.05, 3.63) is 29.3 Å². The molecule has 2 aliphatic rings. The smallest absolute Gasteiger partial charge is 0.253 e. The molecule has 2 aliphatic heterocycles. The van der Waals surface area contributed by atoms with Gasteiger partial charge in [-0.2, -0.15) is 0 Å². The van der Waals surface area contributed by atoms with Gasteiger partial charge < -0.3 is 20.3 Å². The van der Waals surface area contributed by atoms with Crippen LogP contribution in [0.2, 0.25) is 0 Å². The van der Waals surface area contributed by atoms with E-state index in [0.717, 1.165) is 56.9 Å². The van der Waals surface area contributed by atoms with Crippen LogP contribution in [-0.2, 0) is 11.2 Å². The van der Waals surface area contributed by atoms with Gasteiger partial charge in [0.15, 0.2) is 0 Å². The summed E-state index contributed by atoms with van der Waals surface area (Å²) < 4.78 is 5.60. The standard InChI is InChI=1S/C17H25N3O2/c1-20-8-9-22-12-13(11-20)10-19-17(21)15-6-2-4-14-5-3-7-18-16(14)15/h2,4,6,13,18H,3,5,7-12H2,1H3,(H,19,21)/t13-/m0/s1. The van der Waals surface area contributed by atoms with Crippen molar-refractivity contribution in [3.8, 4) is 0 Å². The van der Waals surface area contributed by atoms with Gasteiger partial charge in [0.25, 0.3) is 5.91 Å². The monoisotopic (exact) mass is 303 g/mol. The quantitative estimate of drug-likeness (QED) is 0.885. The van der Waals surface area contributed by atoms with Crippen LogP contribution in [0.4, 0.5) is 5.69 Å². The van der Waals surface area contributed by atoms with Crippen molar-refractivity contribution in [2.24, 2.45) is 5.92 Å². The number of hydrogen-bond acceptors (Lipinski definition) is 4. The first-order valence-electron chi connectivity index (χ1n) is 8.14. The molecule has 22 heavy (non-hydrogen) atoms. The molecule has 120 valence electrons. The van der Waals surface area contributed by atoms with Crippen molar-refractivity contribution in [2.75, 3.05) is 51.8 Å². The van der Waals surface area contributed by atoms with Crippen LogP contribution in [0.1, 0.15) is 22.3 Å². The second kappa shape index (κ2) is 7.11. The molecule has 0 aromatic heterocycles. The summed E-state index contributed by atoms with van der Waals surface area (Å²) in [5.41, 5.74) is 3.03. The van der Waals surface area contributed by atoms with E-state index in [9.17, 15) is 4.79 Å². The van der Waals surface area contributed by atoms with Crippen LogP contribution in [0.15, 0.2) is 18.2 Å². The number of carbonyl (C=O) groups is 1. The molecule has 0 spiro atoms. The Morgan fingerprint density at radius 2 is 2.41 bits per heavy atom. The number of nitrogens with one attached hydrogen (secondary N) is 2. The lowest BCUT2D eigenvalue weighted by molar-refractivity contribution is 0.0922. The van der Waals surface area contributed by atoms with E-state index in [0.29, 0.717) is 12.5 Å². The Morgan fingerprint density at radius 1 is 1.50 bits per heavy atom. The van der Waals surface area contributed by atoms with Crippen LogP contribution >= 0.6 is 0 Å². The van der Waals surface area contributed by atoms with E-state index in [4.69, 9.17) is 4.74 Å². The van der Waals surface area contributed by atoms with Crippen molar-refractivity contribution < 1.29 is 9.53 Å². The summed E-state index contributed by atoms with van der Waals surface area (Å²) in [6.45, 7) is 5.02. The van der Waals surface area contributed by atoms with E-state index < -0.39 is 0 Å². The third kappa shape index (κ3) is 3.59. The molecule has 5 heteroatoms. The SMILES string of the molecule is CN1CCOC[C@@H](CNC(=O)c2cccc3c2NCCC3)C1. The summed E-state index contributed by atoms with van der Waals surface area (Å²) >= 11 is 0. The molecule has 1 saturated heterocycles. The Balaban J connectivity index is 1.62. The van der Waals surface area contributed by atoms with Crippen molar-refractivity contribution >= 4 is 11.6 Å². The predicted octanol–water partition coefficient (Wildman–Crippen LogP) is 1.35. The van der Waals surface area contributed by atoms with Crippen LogP contribution in [0.25, 0.3) is 0 Å². The van der Waals surface area contributed by atoms with Crippen LogP contribution in [0.5, 0.6) is 0 Å². The number of ether oxygens (including phenoxy) is 1. The number of para-hydroxylation sites is 1. The van der Waals surface area contributed by atoms with E-state index in [-0.39, 0.29) is 5.91 Å². The molecule has 0 bridgehead atoms. The zero-order valence-electron chi connectivity index (χ0n) is 13.2. The molecule has 2 heterocycles. The maximum atomic E-state index is 12.5. The Labute approximate surface area is 132 Å². The van der Waals surface area contributed by atoms with E-state index in [1.807, 2.05) is 12.1 Å². The number of aryl methyl sites for hydroxylation is 1. The summed E-state index contributed by atoms with van der Waals surface area (Å²) in [6.07, 6.45) is 2.18. The molecule has 1 fully saturated rings. The molecule has 0 aliphatic carbocycles. The van der Waals surface area contributed by atoms with Crippen LogP contribution in [0.3, 0.4) is 0 Å². The Morgan fingerprint density at radius 3 is 3.32 bits per heavy atom. The summed E-state index contributed by atoms with van der Waals surface area (Å²) in [5.74, 6) is 0.363. The van der Waals surface area contributed by atoms with Gasteiger partial charge in [-0.15, -0.1) is 0 Å². The molecule has 1 aromatic rings. The van der Waals surface area contributed by atoms with Crippen molar-refractivity contribution in [1.29, 1.82) is 0 Å². The van der Waals surface area contributed by atoms with Crippen molar-refractivity contribution in [1.82, 2.24) is 10.2 Å². The van der Waals surface area contributed by atoms with Gasteiger partial charge in [0.1, 0.15) is 0 Å². The van der Waals surface area contributed by atoms with Gasteiger partial charge in [0, 0.05) is 32.1 Å². The van der Waals surface area contributed by atoms with Gasteiger partial charge in [-0.1, -0.05) is 12.1 Å². The molecule has 2 N–H and O–H groups in total. The van der Waals surface area contributed by atoms with E-state index in [1.165, 1.54) is 5.56 Å². The summed E-state index contributed by atoms with van der Waals surface area (Å²) in [7, 11) is 2.10. The lowest BCUT2D eigenvalue weighted by Gasteiger charge is -2.22. The number of likely N-dealkylation sites (N-methyl/N-ethyl adjacent to an activating group) is 1. The molecule has 1 aromatic carbocycles. The lowest BCUT2D eigenvalue weighted by Crippen LogP contribution is -2.36. The van der Waals surface area contributed by atoms with Gasteiger partial charge in [-0.3, -0.25) is 4.79 Å². The largest absolute Gasteiger partial charge is 0.384 e. The first kappa shape index (κ1) is 15.3. The number of fused-ring (bicyclic) bond motifs is 1. The Kier molecular flexibility index (Phi) is 4.95. The van der Waals surface area contributed by atoms with Gasteiger partial charge in [-0.05, 0) is 31.5 Å². The molecule has 0 saturated carbocycles. The maximum Gasteiger partial charge on any atom is 0.253 e. The minimum absolute atomic E-state index is 0.0122. The number of carbonyl (C=O) groups excluding carboxylic acids is 1. The van der Waals surface area contributed by atoms with E-state index in [1.54, 1.807) is 0 Å². The first-order valence-corrected chi connectivity index (χ1v) is 8.14. The highest BCUT2D eigenvalue weighted by Crippen LogP contribution is 2.25. The third-order valence-electron chi connectivity index (χ3n) is 4.41. The van der Waals surface area contributed by atoms with E-state index in [2.05, 4.69) is 28.6 Å². The van der Waals surface area contributed by atoms with Gasteiger partial charge in [0.05, 0.1) is 24.5 Å². The lowest BCUT2D eigenvalue weighted by atomic mass is 9.99. The molecular weight excluding hydrogens is 278 g/mol. The minimum Gasteiger partial charge on any atom is -0.384 e. The van der Waals surface area contributed by atoms with Crippen LogP contribution < -0.4 is 10.6 Å². The number of nitrogens with zero attached hydrogens (tertiary/aromatic N) is 1. The minimum atomic E-state index is 0.0122. The molecule has 0 unspecified atom stereocenters. The Bertz CT molecular complexity index is 533. The third-order valence-corrected chi connectivity index (χ3v) is 4.41. The molecule has 5 nitrogen and oxygen atoms in total. The highest BCUT2D eigenvalue weighted by molar-refractivity contribution is 6.00. The van der Waals surface area contributed by atoms with Crippen LogP contribution in [0, 0.1) is 5.92 Å². The average molecular weight is 303 g/mol. The summed E-state index contributed by atoms with van der Waals surface area (Å²) in [4.78, 5) is 14.8. The van der Waals surface area contributed by atoms with Gasteiger partial charge in [0.2, 0.25) is 0 Å². The molecular formula is C17H25N3O2. The van der Waals surface area contributed by atoms with Crippen molar-refractivity contribution in [3.63, 3.8) is 0 Å². The fourth-order valence-electron chi connectivity index (χ4n) is 3.21. The second-order valence-electron chi connectivity index (χ2n) is 6.28. The zero-order chi connectivity index (χ0) is 15.4. The number of rotatable bonds is 3. The van der Waals surface area contributed by atoms with Gasteiger partial charge in [-0.25, -0.2) is 0 Å². The first-order chi connectivity index (χ1) is 10.7. The maximum absolute atomic E-state index is 12.5. The molecule has 0 radical (unpaired) electrons. The van der Waals surface area contributed by atoms with Crippen molar-refractivity contribution in [2.45, 2.75) is 12.8 Å². The van der Waals surface area contributed by atoms with Crippen LogP contribution in [-0.4, -0.2) is 57.2 Å². The number of benzene rings is 1. The number of hydrogen-bond donors (Lipinski definition) is 2. The number of anilines is 1. The summed E-state index contributed by atoms with van der Waals surface area (Å²) in [5, 5.41) is 6.45. The molecule has 1 amide bonds. The molecule has 3 rings (SSSR count). The predicted molar refractivity (Wildman–Crippen MR) is 87.4 cm³/mol. The summed E-state index contributed by atoms with van der Waals surface area (Å²) in [6, 6.07) is 5.98. The normalized spacial score (nSPS) is 22.3. The highest BCUT2D eigenvalue weighted by atomic mass is 16.5.